The molecule has 1 aromatic carbocycles. The molecule has 0 spiro atoms. The summed E-state index contributed by atoms with van der Waals surface area (Å²) >= 11 is 5.92. The van der Waals surface area contributed by atoms with Gasteiger partial charge in [-0.3, -0.25) is 4.79 Å². The molecule has 5 nitrogen and oxygen atoms in total. The van der Waals surface area contributed by atoms with Crippen molar-refractivity contribution in [3.8, 4) is 0 Å². The number of halogens is 2. The topological polar surface area (TPSA) is 50.5 Å². The summed E-state index contributed by atoms with van der Waals surface area (Å²) in [6.07, 6.45) is 4.34. The van der Waals surface area contributed by atoms with Crippen molar-refractivity contribution in [1.29, 1.82) is 0 Å². The molecule has 25 heavy (non-hydrogen) atoms. The van der Waals surface area contributed by atoms with E-state index < -0.39 is 0 Å². The summed E-state index contributed by atoms with van der Waals surface area (Å²) in [5.74, 6) is -0.377. The maximum Gasteiger partial charge on any atom is 0.274 e. The van der Waals surface area contributed by atoms with Gasteiger partial charge in [0.15, 0.2) is 11.3 Å². The molecule has 1 aliphatic rings. The van der Waals surface area contributed by atoms with E-state index in [2.05, 4.69) is 10.1 Å². The van der Waals surface area contributed by atoms with E-state index in [9.17, 15) is 9.18 Å². The zero-order valence-electron chi connectivity index (χ0n) is 13.6. The molecule has 7 heteroatoms. The summed E-state index contributed by atoms with van der Waals surface area (Å²) in [6, 6.07) is 6.56. The highest BCUT2D eigenvalue weighted by molar-refractivity contribution is 6.30. The molecular weight excluding hydrogens is 343 g/mol. The highest BCUT2D eigenvalue weighted by atomic mass is 35.5. The Hall–Kier alpha value is -2.47. The average molecular weight is 359 g/mol. The van der Waals surface area contributed by atoms with Crippen LogP contribution in [-0.2, 0) is 6.42 Å². The van der Waals surface area contributed by atoms with Gasteiger partial charge in [-0.05, 0) is 30.0 Å². The lowest BCUT2D eigenvalue weighted by molar-refractivity contribution is 0.0647. The van der Waals surface area contributed by atoms with Gasteiger partial charge in [-0.25, -0.2) is 13.9 Å². The van der Waals surface area contributed by atoms with Crippen molar-refractivity contribution in [2.24, 2.45) is 0 Å². The zero-order chi connectivity index (χ0) is 17.6. The summed E-state index contributed by atoms with van der Waals surface area (Å²) in [4.78, 5) is 18.9. The third kappa shape index (κ3) is 2.66. The van der Waals surface area contributed by atoms with E-state index in [1.807, 2.05) is 13.0 Å². The molecule has 0 N–H and O–H groups in total. The van der Waals surface area contributed by atoms with Gasteiger partial charge < -0.3 is 4.90 Å². The van der Waals surface area contributed by atoms with E-state index in [0.717, 1.165) is 5.56 Å². The molecule has 0 bridgehead atoms. The van der Waals surface area contributed by atoms with E-state index in [1.165, 1.54) is 16.8 Å². The molecule has 1 amide bonds. The van der Waals surface area contributed by atoms with Gasteiger partial charge in [0.2, 0.25) is 0 Å². The van der Waals surface area contributed by atoms with Gasteiger partial charge in [0.25, 0.3) is 5.91 Å². The molecule has 0 saturated heterocycles. The van der Waals surface area contributed by atoms with Crippen molar-refractivity contribution in [3.05, 3.63) is 64.3 Å². The average Bonchev–Trinajstić information content (AvgIpc) is 3.03. The lowest BCUT2D eigenvalue weighted by Gasteiger charge is -2.36. The maximum absolute atomic E-state index is 14.1. The third-order valence-electron chi connectivity index (χ3n) is 4.64. The minimum Gasteiger partial charge on any atom is -0.330 e. The number of hydrogen-bond acceptors (Lipinski definition) is 3. The second-order valence-electron chi connectivity index (χ2n) is 6.08. The predicted molar refractivity (Wildman–Crippen MR) is 92.2 cm³/mol. The first-order valence-electron chi connectivity index (χ1n) is 8.17. The van der Waals surface area contributed by atoms with Crippen LogP contribution in [-0.4, -0.2) is 31.9 Å². The second kappa shape index (κ2) is 6.11. The molecule has 1 unspecified atom stereocenters. The molecular formula is C18H16ClFN4O. The number of nitrogens with zero attached hydrogens (tertiary/aromatic N) is 4. The highest BCUT2D eigenvalue weighted by Crippen LogP contribution is 2.34. The number of aromatic nitrogens is 3. The molecule has 3 heterocycles. The van der Waals surface area contributed by atoms with Crippen molar-refractivity contribution in [1.82, 2.24) is 19.5 Å². The molecule has 0 fully saturated rings. The minimum absolute atomic E-state index is 0.159. The van der Waals surface area contributed by atoms with E-state index in [1.54, 1.807) is 23.2 Å². The third-order valence-corrected chi connectivity index (χ3v) is 4.84. The summed E-state index contributed by atoms with van der Waals surface area (Å²) < 4.78 is 15.6. The number of carbonyl (C=O) groups excluding carboxylic acids is 1. The maximum atomic E-state index is 14.1. The number of benzene rings is 1. The Morgan fingerprint density at radius 3 is 3.08 bits per heavy atom. The quantitative estimate of drug-likeness (QED) is 0.702. The minimum atomic E-state index is -0.199. The Kier molecular flexibility index (Phi) is 3.92. The molecule has 2 aromatic heterocycles. The summed E-state index contributed by atoms with van der Waals surface area (Å²) in [5.41, 5.74) is 2.46. The molecule has 0 aliphatic carbocycles. The fraction of sp³-hybridized carbons (Fsp3) is 0.278. The Morgan fingerprint density at radius 1 is 1.44 bits per heavy atom. The second-order valence-corrected chi connectivity index (χ2v) is 6.52. The highest BCUT2D eigenvalue weighted by Gasteiger charge is 2.32. The summed E-state index contributed by atoms with van der Waals surface area (Å²) in [7, 11) is 0. The van der Waals surface area contributed by atoms with Gasteiger partial charge in [0, 0.05) is 18.8 Å². The lowest BCUT2D eigenvalue weighted by Crippen LogP contribution is -2.40. The van der Waals surface area contributed by atoms with Crippen LogP contribution in [0.25, 0.3) is 5.65 Å². The van der Waals surface area contributed by atoms with Crippen LogP contribution in [0.15, 0.2) is 36.7 Å². The van der Waals surface area contributed by atoms with E-state index in [4.69, 9.17) is 11.6 Å². The summed E-state index contributed by atoms with van der Waals surface area (Å²) in [6.45, 7) is 2.46. The van der Waals surface area contributed by atoms with Gasteiger partial charge >= 0.3 is 0 Å². The van der Waals surface area contributed by atoms with Crippen molar-refractivity contribution in [2.45, 2.75) is 25.8 Å². The van der Waals surface area contributed by atoms with E-state index in [-0.39, 0.29) is 17.8 Å². The fourth-order valence-corrected chi connectivity index (χ4v) is 3.64. The van der Waals surface area contributed by atoms with E-state index >= 15 is 0 Å². The van der Waals surface area contributed by atoms with Crippen molar-refractivity contribution in [2.75, 3.05) is 6.54 Å². The van der Waals surface area contributed by atoms with Crippen LogP contribution in [0.2, 0.25) is 5.02 Å². The summed E-state index contributed by atoms with van der Waals surface area (Å²) in [5, 5.41) is 4.74. The van der Waals surface area contributed by atoms with Crippen LogP contribution in [0.3, 0.4) is 0 Å². The van der Waals surface area contributed by atoms with Crippen LogP contribution >= 0.6 is 11.6 Å². The molecule has 1 aliphatic heterocycles. The first-order chi connectivity index (χ1) is 12.1. The fourth-order valence-electron chi connectivity index (χ4n) is 3.50. The molecule has 0 radical (unpaired) electrons. The van der Waals surface area contributed by atoms with Crippen LogP contribution in [0.4, 0.5) is 4.39 Å². The van der Waals surface area contributed by atoms with Gasteiger partial charge in [-0.15, -0.1) is 0 Å². The molecule has 4 rings (SSSR count). The smallest absolute Gasteiger partial charge is 0.274 e. The number of hydrogen-bond donors (Lipinski definition) is 0. The van der Waals surface area contributed by atoms with Crippen LogP contribution in [0.1, 0.15) is 41.0 Å². The van der Waals surface area contributed by atoms with Crippen LogP contribution in [0.5, 0.6) is 0 Å². The molecule has 128 valence electrons. The first kappa shape index (κ1) is 16.0. The Labute approximate surface area is 149 Å². The Bertz CT molecular complexity index is 971. The van der Waals surface area contributed by atoms with Gasteiger partial charge in [-0.1, -0.05) is 30.7 Å². The van der Waals surface area contributed by atoms with Crippen molar-refractivity contribution < 1.29 is 9.18 Å². The first-order valence-corrected chi connectivity index (χ1v) is 8.55. The largest absolute Gasteiger partial charge is 0.330 e. The number of rotatable bonds is 2. The SMILES string of the molecule is CCC1c2cccc(F)c2CCN1C(=O)c1cc2ncc(Cl)cn2n1. The number of carbonyl (C=O) groups is 1. The lowest BCUT2D eigenvalue weighted by atomic mass is 9.90. The Morgan fingerprint density at radius 2 is 2.28 bits per heavy atom. The standard InChI is InChI=1S/C18H16ClFN4O/c1-2-16-13-4-3-5-14(20)12(13)6-7-23(16)18(25)15-8-17-21-9-11(19)10-24(17)22-15/h3-5,8-10,16H,2,6-7H2,1H3. The molecule has 3 aromatic rings. The predicted octanol–water partition coefficient (Wildman–Crippen LogP) is 3.67. The van der Waals surface area contributed by atoms with Gasteiger partial charge in [0.1, 0.15) is 5.82 Å². The molecule has 1 atom stereocenters. The van der Waals surface area contributed by atoms with Gasteiger partial charge in [0.05, 0.1) is 17.3 Å². The van der Waals surface area contributed by atoms with Crippen LogP contribution < -0.4 is 0 Å². The number of fused-ring (bicyclic) bond motifs is 2. The van der Waals surface area contributed by atoms with Gasteiger partial charge in [-0.2, -0.15) is 5.10 Å². The number of amides is 1. The van der Waals surface area contributed by atoms with Crippen molar-refractivity contribution >= 4 is 23.2 Å². The zero-order valence-corrected chi connectivity index (χ0v) is 14.4. The van der Waals surface area contributed by atoms with Crippen molar-refractivity contribution in [3.63, 3.8) is 0 Å². The molecule has 0 saturated carbocycles. The van der Waals surface area contributed by atoms with Crippen LogP contribution in [0, 0.1) is 5.82 Å². The Balaban J connectivity index is 1.71. The normalized spacial score (nSPS) is 16.9. The van der Waals surface area contributed by atoms with E-state index in [0.29, 0.717) is 41.3 Å². The monoisotopic (exact) mass is 358 g/mol.